The van der Waals surface area contributed by atoms with E-state index in [0.717, 1.165) is 11.1 Å². The van der Waals surface area contributed by atoms with Gasteiger partial charge < -0.3 is 14.5 Å². The van der Waals surface area contributed by atoms with Gasteiger partial charge in [0, 0.05) is 5.69 Å². The molecule has 0 bridgehead atoms. The molecular weight excluding hydrogens is 354 g/mol. The Morgan fingerprint density at radius 1 is 1.04 bits per heavy atom. The highest BCUT2D eigenvalue weighted by molar-refractivity contribution is 6.29. The van der Waals surface area contributed by atoms with E-state index in [1.54, 1.807) is 49.6 Å². The van der Waals surface area contributed by atoms with Gasteiger partial charge in [0.25, 0.3) is 5.91 Å². The highest BCUT2D eigenvalue weighted by atomic mass is 16.5. The first-order chi connectivity index (χ1) is 13.6. The van der Waals surface area contributed by atoms with Gasteiger partial charge in [-0.05, 0) is 55.3 Å². The summed E-state index contributed by atoms with van der Waals surface area (Å²) < 4.78 is 10.4. The van der Waals surface area contributed by atoms with Gasteiger partial charge in [-0.15, -0.1) is 0 Å². The van der Waals surface area contributed by atoms with Crippen molar-refractivity contribution in [3.05, 3.63) is 89.4 Å². The molecule has 3 rings (SSSR count). The van der Waals surface area contributed by atoms with Crippen LogP contribution in [0.2, 0.25) is 0 Å². The first-order valence-electron chi connectivity index (χ1n) is 8.98. The van der Waals surface area contributed by atoms with Gasteiger partial charge in [0.2, 0.25) is 0 Å². The molecule has 0 saturated carbocycles. The lowest BCUT2D eigenvalue weighted by molar-refractivity contribution is -0.111. The molecule has 0 radical (unpaired) electrons. The van der Waals surface area contributed by atoms with Crippen molar-refractivity contribution in [1.29, 1.82) is 0 Å². The average molecular weight is 375 g/mol. The minimum Gasteiger partial charge on any atom is -0.465 e. The van der Waals surface area contributed by atoms with Gasteiger partial charge >= 0.3 is 5.97 Å². The van der Waals surface area contributed by atoms with Crippen molar-refractivity contribution in [2.24, 2.45) is 0 Å². The van der Waals surface area contributed by atoms with Crippen molar-refractivity contribution in [3.8, 4) is 0 Å². The molecule has 1 amide bonds. The number of hydrogen-bond acceptors (Lipinski definition) is 4. The summed E-state index contributed by atoms with van der Waals surface area (Å²) in [4.78, 5) is 25.1. The molecule has 5 nitrogen and oxygen atoms in total. The van der Waals surface area contributed by atoms with Crippen LogP contribution >= 0.6 is 0 Å². The maximum absolute atomic E-state index is 13.1. The molecule has 5 heteroatoms. The molecule has 1 heterocycles. The number of benzene rings is 2. The lowest BCUT2D eigenvalue weighted by atomic mass is 10.0. The quantitative estimate of drug-likeness (QED) is 0.489. The number of furan rings is 1. The van der Waals surface area contributed by atoms with Crippen molar-refractivity contribution in [1.82, 2.24) is 0 Å². The van der Waals surface area contributed by atoms with Crippen LogP contribution in [0.25, 0.3) is 11.6 Å². The van der Waals surface area contributed by atoms with Crippen LogP contribution in [0.1, 0.15) is 34.2 Å². The Bertz CT molecular complexity index is 989. The predicted octanol–water partition coefficient (Wildman–Crippen LogP) is 4.94. The molecule has 0 unspecified atom stereocenters. The van der Waals surface area contributed by atoms with E-state index in [-0.39, 0.29) is 5.91 Å². The smallest absolute Gasteiger partial charge is 0.338 e. The zero-order chi connectivity index (χ0) is 19.9. The van der Waals surface area contributed by atoms with Crippen LogP contribution in [0.4, 0.5) is 5.69 Å². The average Bonchev–Trinajstić information content (AvgIpc) is 3.22. The molecule has 1 N–H and O–H groups in total. The van der Waals surface area contributed by atoms with Crippen molar-refractivity contribution < 1.29 is 18.7 Å². The largest absolute Gasteiger partial charge is 0.465 e. The number of aryl methyl sites for hydroxylation is 1. The van der Waals surface area contributed by atoms with Gasteiger partial charge in [0.1, 0.15) is 5.76 Å². The van der Waals surface area contributed by atoms with Crippen LogP contribution in [-0.2, 0) is 9.53 Å². The number of ether oxygens (including phenoxy) is 1. The van der Waals surface area contributed by atoms with Crippen LogP contribution in [-0.4, -0.2) is 18.5 Å². The molecular formula is C23H21NO4. The van der Waals surface area contributed by atoms with Crippen LogP contribution in [0, 0.1) is 6.92 Å². The zero-order valence-electron chi connectivity index (χ0n) is 15.8. The summed E-state index contributed by atoms with van der Waals surface area (Å²) in [7, 11) is 0. The highest BCUT2D eigenvalue weighted by Crippen LogP contribution is 2.23. The Hall–Kier alpha value is -3.60. The Labute approximate surface area is 163 Å². The molecule has 0 aliphatic carbocycles. The number of anilines is 1. The van der Waals surface area contributed by atoms with E-state index >= 15 is 0 Å². The van der Waals surface area contributed by atoms with E-state index in [9.17, 15) is 9.59 Å². The summed E-state index contributed by atoms with van der Waals surface area (Å²) >= 11 is 0. The Kier molecular flexibility index (Phi) is 6.07. The highest BCUT2D eigenvalue weighted by Gasteiger charge is 2.16. The number of carbonyl (C=O) groups excluding carboxylic acids is 2. The molecule has 0 spiro atoms. The monoisotopic (exact) mass is 375 g/mol. The standard InChI is InChI=1S/C23H21NO4/c1-3-27-23(26)18-12-11-16(2)21(14-18)24-22(25)20(15-19-10-7-13-28-19)17-8-5-4-6-9-17/h4-15H,3H2,1-2H3,(H,24,25)/b20-15+. The molecule has 0 aliphatic heterocycles. The minimum atomic E-state index is -0.424. The molecule has 142 valence electrons. The maximum Gasteiger partial charge on any atom is 0.338 e. The minimum absolute atomic E-state index is 0.290. The van der Waals surface area contributed by atoms with Gasteiger partial charge in [0.05, 0.1) is 24.0 Å². The molecule has 2 aromatic carbocycles. The molecule has 0 saturated heterocycles. The maximum atomic E-state index is 13.1. The number of rotatable bonds is 6. The Morgan fingerprint density at radius 3 is 2.50 bits per heavy atom. The number of esters is 1. The molecule has 0 fully saturated rings. The van der Waals surface area contributed by atoms with Gasteiger partial charge in [-0.2, -0.15) is 0 Å². The topological polar surface area (TPSA) is 68.5 Å². The second-order valence-electron chi connectivity index (χ2n) is 6.14. The van der Waals surface area contributed by atoms with Gasteiger partial charge in [-0.1, -0.05) is 36.4 Å². The van der Waals surface area contributed by atoms with Crippen LogP contribution in [0.3, 0.4) is 0 Å². The van der Waals surface area contributed by atoms with E-state index in [2.05, 4.69) is 5.32 Å². The predicted molar refractivity (Wildman–Crippen MR) is 109 cm³/mol. The number of carbonyl (C=O) groups is 2. The van der Waals surface area contributed by atoms with E-state index < -0.39 is 5.97 Å². The van der Waals surface area contributed by atoms with Crippen LogP contribution in [0.5, 0.6) is 0 Å². The second kappa shape index (κ2) is 8.86. The SMILES string of the molecule is CCOC(=O)c1ccc(C)c(NC(=O)/C(=C/c2ccco2)c2ccccc2)c1. The normalized spacial score (nSPS) is 11.1. The number of nitrogens with one attached hydrogen (secondary N) is 1. The van der Waals surface area contributed by atoms with E-state index in [4.69, 9.17) is 9.15 Å². The van der Waals surface area contributed by atoms with E-state index in [1.807, 2.05) is 37.3 Å². The lowest BCUT2D eigenvalue weighted by Crippen LogP contribution is -2.15. The fourth-order valence-corrected chi connectivity index (χ4v) is 2.70. The van der Waals surface area contributed by atoms with Crippen molar-refractivity contribution >= 4 is 29.2 Å². The number of amides is 1. The zero-order valence-corrected chi connectivity index (χ0v) is 15.8. The van der Waals surface area contributed by atoms with Gasteiger partial charge in [-0.3, -0.25) is 4.79 Å². The Morgan fingerprint density at radius 2 is 1.82 bits per heavy atom. The van der Waals surface area contributed by atoms with Crippen LogP contribution < -0.4 is 5.32 Å². The fraction of sp³-hybridized carbons (Fsp3) is 0.130. The molecule has 0 aliphatic rings. The molecule has 28 heavy (non-hydrogen) atoms. The lowest BCUT2D eigenvalue weighted by Gasteiger charge is -2.12. The molecule has 3 aromatic rings. The third kappa shape index (κ3) is 4.57. The van der Waals surface area contributed by atoms with Crippen molar-refractivity contribution in [2.45, 2.75) is 13.8 Å². The Balaban J connectivity index is 1.93. The molecule has 0 atom stereocenters. The van der Waals surface area contributed by atoms with Crippen molar-refractivity contribution in [3.63, 3.8) is 0 Å². The second-order valence-corrected chi connectivity index (χ2v) is 6.14. The summed E-state index contributed by atoms with van der Waals surface area (Å²) in [6.45, 7) is 3.90. The number of hydrogen-bond donors (Lipinski definition) is 1. The van der Waals surface area contributed by atoms with E-state index in [1.165, 1.54) is 0 Å². The molecule has 1 aromatic heterocycles. The van der Waals surface area contributed by atoms with Crippen molar-refractivity contribution in [2.75, 3.05) is 11.9 Å². The third-order valence-corrected chi connectivity index (χ3v) is 4.16. The summed E-state index contributed by atoms with van der Waals surface area (Å²) in [5, 5.41) is 2.90. The third-order valence-electron chi connectivity index (χ3n) is 4.16. The fourth-order valence-electron chi connectivity index (χ4n) is 2.70. The van der Waals surface area contributed by atoms with E-state index in [0.29, 0.717) is 29.2 Å². The van der Waals surface area contributed by atoms with Gasteiger partial charge in [-0.25, -0.2) is 4.79 Å². The first kappa shape index (κ1) is 19.2. The first-order valence-corrected chi connectivity index (χ1v) is 8.98. The summed E-state index contributed by atoms with van der Waals surface area (Å²) in [6, 6.07) is 18.0. The van der Waals surface area contributed by atoms with Gasteiger partial charge in [0.15, 0.2) is 0 Å². The summed E-state index contributed by atoms with van der Waals surface area (Å²) in [5.74, 6) is -0.148. The summed E-state index contributed by atoms with van der Waals surface area (Å²) in [5.41, 5.74) is 3.00. The summed E-state index contributed by atoms with van der Waals surface area (Å²) in [6.07, 6.45) is 3.24. The van der Waals surface area contributed by atoms with Crippen LogP contribution in [0.15, 0.2) is 71.3 Å².